The summed E-state index contributed by atoms with van der Waals surface area (Å²) in [5.41, 5.74) is 8.84. The molecule has 0 atom stereocenters. The summed E-state index contributed by atoms with van der Waals surface area (Å²) in [6, 6.07) is 26.1. The quantitative estimate of drug-likeness (QED) is 0.350. The van der Waals surface area contributed by atoms with Crippen LogP contribution in [0.25, 0.3) is 44.1 Å². The average Bonchev–Trinajstić information content (AvgIpc) is 3.29. The fraction of sp³-hybridized carbons (Fsp3) is 0.0769. The lowest BCUT2D eigenvalue weighted by molar-refractivity contribution is 1.05. The van der Waals surface area contributed by atoms with Gasteiger partial charge in [-0.1, -0.05) is 60.7 Å². The number of aromatic amines is 1. The molecule has 1 aliphatic carbocycles. The third-order valence-corrected chi connectivity index (χ3v) is 5.81. The number of H-pyrrole nitrogens is 1. The normalized spacial score (nSPS) is 14.2. The van der Waals surface area contributed by atoms with Crippen molar-refractivity contribution in [1.82, 2.24) is 9.55 Å². The highest BCUT2D eigenvalue weighted by Crippen LogP contribution is 2.38. The summed E-state index contributed by atoms with van der Waals surface area (Å²) >= 11 is 0. The van der Waals surface area contributed by atoms with Gasteiger partial charge in [0, 0.05) is 22.0 Å². The first kappa shape index (κ1) is 15.5. The van der Waals surface area contributed by atoms with Crippen LogP contribution in [0.5, 0.6) is 0 Å². The molecule has 0 aliphatic heterocycles. The maximum atomic E-state index is 3.69. The van der Waals surface area contributed by atoms with E-state index in [-0.39, 0.29) is 0 Å². The third-order valence-electron chi connectivity index (χ3n) is 5.81. The van der Waals surface area contributed by atoms with E-state index >= 15 is 0 Å². The van der Waals surface area contributed by atoms with Gasteiger partial charge in [-0.2, -0.15) is 0 Å². The molecule has 0 spiro atoms. The van der Waals surface area contributed by atoms with Gasteiger partial charge in [0.05, 0.1) is 16.6 Å². The number of aromatic nitrogens is 2. The Labute approximate surface area is 163 Å². The van der Waals surface area contributed by atoms with Crippen LogP contribution in [0.15, 0.2) is 91.0 Å². The van der Waals surface area contributed by atoms with Crippen LogP contribution in [-0.2, 0) is 0 Å². The summed E-state index contributed by atoms with van der Waals surface area (Å²) in [4.78, 5) is 3.69. The fourth-order valence-corrected chi connectivity index (χ4v) is 4.49. The highest BCUT2D eigenvalue weighted by molar-refractivity contribution is 6.18. The summed E-state index contributed by atoms with van der Waals surface area (Å²) in [5, 5.41) is 2.54. The predicted molar refractivity (Wildman–Crippen MR) is 119 cm³/mol. The highest BCUT2D eigenvalue weighted by atomic mass is 15.0. The second-order valence-corrected chi connectivity index (χ2v) is 7.46. The van der Waals surface area contributed by atoms with Crippen LogP contribution in [0.2, 0.25) is 0 Å². The van der Waals surface area contributed by atoms with Gasteiger partial charge in [0.1, 0.15) is 0 Å². The van der Waals surface area contributed by atoms with Crippen molar-refractivity contribution in [3.8, 4) is 5.69 Å². The molecular weight excluding hydrogens is 340 g/mol. The van der Waals surface area contributed by atoms with Crippen molar-refractivity contribution in [2.75, 3.05) is 0 Å². The van der Waals surface area contributed by atoms with Gasteiger partial charge in [0.25, 0.3) is 0 Å². The van der Waals surface area contributed by atoms with E-state index in [9.17, 15) is 0 Å². The second kappa shape index (κ2) is 6.00. The SMILES string of the molecule is C1=CCCC(c2ccc3c(c2)c2[nH]c4ccccc4c2n3-c2ccccc2)=C1. The van der Waals surface area contributed by atoms with Crippen molar-refractivity contribution >= 4 is 38.4 Å². The maximum absolute atomic E-state index is 3.69. The number of allylic oxidation sites excluding steroid dienone is 4. The van der Waals surface area contributed by atoms with Crippen LogP contribution in [0.4, 0.5) is 0 Å². The zero-order valence-electron chi connectivity index (χ0n) is 15.5. The summed E-state index contributed by atoms with van der Waals surface area (Å²) in [7, 11) is 0. The first-order chi connectivity index (χ1) is 13.9. The van der Waals surface area contributed by atoms with Crippen LogP contribution < -0.4 is 0 Å². The molecular formula is C26H20N2. The number of hydrogen-bond donors (Lipinski definition) is 1. The number of nitrogens with one attached hydrogen (secondary N) is 1. The number of hydrogen-bond acceptors (Lipinski definition) is 0. The van der Waals surface area contributed by atoms with E-state index in [1.54, 1.807) is 0 Å². The lowest BCUT2D eigenvalue weighted by Crippen LogP contribution is -1.93. The Kier molecular flexibility index (Phi) is 3.33. The number of para-hydroxylation sites is 2. The third kappa shape index (κ3) is 2.21. The summed E-state index contributed by atoms with van der Waals surface area (Å²) < 4.78 is 2.39. The molecule has 2 heterocycles. The van der Waals surface area contributed by atoms with Crippen molar-refractivity contribution in [1.29, 1.82) is 0 Å². The molecule has 0 bridgehead atoms. The molecule has 0 saturated heterocycles. The van der Waals surface area contributed by atoms with Gasteiger partial charge in [0.15, 0.2) is 0 Å². The molecule has 6 rings (SSSR count). The Morgan fingerprint density at radius 3 is 2.54 bits per heavy atom. The van der Waals surface area contributed by atoms with E-state index in [2.05, 4.69) is 101 Å². The van der Waals surface area contributed by atoms with Gasteiger partial charge >= 0.3 is 0 Å². The minimum absolute atomic E-state index is 1.11. The molecule has 2 aromatic heterocycles. The lowest BCUT2D eigenvalue weighted by Gasteiger charge is -2.11. The van der Waals surface area contributed by atoms with Gasteiger partial charge in [-0.15, -0.1) is 0 Å². The fourth-order valence-electron chi connectivity index (χ4n) is 4.49. The summed E-state index contributed by atoms with van der Waals surface area (Å²) in [6.07, 6.45) is 8.90. The number of rotatable bonds is 2. The summed E-state index contributed by atoms with van der Waals surface area (Å²) in [5.74, 6) is 0. The predicted octanol–water partition coefficient (Wildman–Crippen LogP) is 7.00. The van der Waals surface area contributed by atoms with Crippen LogP contribution in [0.1, 0.15) is 18.4 Å². The minimum Gasteiger partial charge on any atom is -0.353 e. The number of benzene rings is 3. The standard InChI is InChI=1S/C26H20N2/c1-3-9-18(10-4-1)19-15-16-24-22(17-19)25-26(21-13-7-8-14-23(21)27-25)28(24)20-11-5-2-6-12-20/h1-3,5-9,11-17,27H,4,10H2. The lowest BCUT2D eigenvalue weighted by atomic mass is 9.96. The molecule has 0 radical (unpaired) electrons. The van der Waals surface area contributed by atoms with E-state index in [0.717, 1.165) is 12.8 Å². The van der Waals surface area contributed by atoms with Crippen LogP contribution in [0.3, 0.4) is 0 Å². The smallest absolute Gasteiger partial charge is 0.0797 e. The van der Waals surface area contributed by atoms with E-state index in [0.29, 0.717) is 0 Å². The molecule has 134 valence electrons. The Morgan fingerprint density at radius 2 is 1.68 bits per heavy atom. The Balaban J connectivity index is 1.74. The van der Waals surface area contributed by atoms with Crippen LogP contribution in [0, 0.1) is 0 Å². The molecule has 0 amide bonds. The van der Waals surface area contributed by atoms with Gasteiger partial charge in [-0.05, 0) is 54.3 Å². The molecule has 1 aliphatic rings. The molecule has 0 saturated carbocycles. The van der Waals surface area contributed by atoms with Crippen molar-refractivity contribution in [2.24, 2.45) is 0 Å². The number of nitrogens with zero attached hydrogens (tertiary/aromatic N) is 1. The first-order valence-corrected chi connectivity index (χ1v) is 9.86. The largest absolute Gasteiger partial charge is 0.353 e. The van der Waals surface area contributed by atoms with Gasteiger partial charge in [0.2, 0.25) is 0 Å². The molecule has 5 aromatic rings. The van der Waals surface area contributed by atoms with Crippen molar-refractivity contribution in [2.45, 2.75) is 12.8 Å². The average molecular weight is 360 g/mol. The zero-order chi connectivity index (χ0) is 18.5. The molecule has 2 nitrogen and oxygen atoms in total. The maximum Gasteiger partial charge on any atom is 0.0797 e. The van der Waals surface area contributed by atoms with E-state index in [1.165, 1.54) is 49.7 Å². The van der Waals surface area contributed by atoms with Crippen LogP contribution in [-0.4, -0.2) is 9.55 Å². The molecule has 1 N–H and O–H groups in total. The van der Waals surface area contributed by atoms with E-state index in [1.807, 2.05) is 0 Å². The van der Waals surface area contributed by atoms with Gasteiger partial charge in [-0.25, -0.2) is 0 Å². The Morgan fingerprint density at radius 1 is 0.821 bits per heavy atom. The first-order valence-electron chi connectivity index (χ1n) is 9.86. The molecule has 2 heteroatoms. The Bertz CT molecular complexity index is 1390. The topological polar surface area (TPSA) is 20.7 Å². The highest BCUT2D eigenvalue weighted by Gasteiger charge is 2.18. The van der Waals surface area contributed by atoms with Gasteiger partial charge in [-0.3, -0.25) is 0 Å². The summed E-state index contributed by atoms with van der Waals surface area (Å²) in [6.45, 7) is 0. The zero-order valence-corrected chi connectivity index (χ0v) is 15.5. The van der Waals surface area contributed by atoms with E-state index < -0.39 is 0 Å². The van der Waals surface area contributed by atoms with Crippen molar-refractivity contribution in [3.63, 3.8) is 0 Å². The monoisotopic (exact) mass is 360 g/mol. The van der Waals surface area contributed by atoms with Gasteiger partial charge < -0.3 is 9.55 Å². The molecule has 3 aromatic carbocycles. The molecule has 0 fully saturated rings. The molecule has 28 heavy (non-hydrogen) atoms. The van der Waals surface area contributed by atoms with Crippen molar-refractivity contribution < 1.29 is 0 Å². The Hall–Kier alpha value is -3.52. The van der Waals surface area contributed by atoms with Crippen LogP contribution >= 0.6 is 0 Å². The van der Waals surface area contributed by atoms with E-state index in [4.69, 9.17) is 0 Å². The second-order valence-electron chi connectivity index (χ2n) is 7.46. The minimum atomic E-state index is 1.11. The molecule has 0 unspecified atom stereocenters. The van der Waals surface area contributed by atoms with Crippen molar-refractivity contribution in [3.05, 3.63) is 96.6 Å². The number of fused-ring (bicyclic) bond motifs is 5.